The van der Waals surface area contributed by atoms with E-state index in [1.54, 1.807) is 24.3 Å². The normalized spacial score (nSPS) is 10.4. The van der Waals surface area contributed by atoms with E-state index in [4.69, 9.17) is 4.74 Å². The maximum atomic E-state index is 13.0. The first-order valence-corrected chi connectivity index (χ1v) is 10.5. The van der Waals surface area contributed by atoms with Crippen molar-refractivity contribution in [3.63, 3.8) is 0 Å². The third-order valence-electron chi connectivity index (χ3n) is 4.05. The van der Waals surface area contributed by atoms with E-state index in [9.17, 15) is 14.0 Å². The molecule has 0 bridgehead atoms. The number of rotatable bonds is 6. The Balaban J connectivity index is 1.61. The molecule has 3 aromatic carbocycles. The number of amides is 2. The molecule has 0 aromatic heterocycles. The number of carbonyl (C=O) groups is 2. The summed E-state index contributed by atoms with van der Waals surface area (Å²) in [6, 6.07) is 15.7. The van der Waals surface area contributed by atoms with Gasteiger partial charge < -0.3 is 15.4 Å². The summed E-state index contributed by atoms with van der Waals surface area (Å²) in [7, 11) is 0. The first-order chi connectivity index (χ1) is 14.3. The zero-order chi connectivity index (χ0) is 21.7. The molecular formula is C22H17Br2FN2O3. The third-order valence-corrected chi connectivity index (χ3v) is 5.10. The second-order valence-corrected chi connectivity index (χ2v) is 8.18. The van der Waals surface area contributed by atoms with Gasteiger partial charge in [-0.05, 0) is 83.0 Å². The SMILES string of the molecule is Cc1cc(Br)cc(Br)c1OCC(=O)Nc1cccc(C(=O)Nc2ccc(F)cc2)c1. The van der Waals surface area contributed by atoms with Crippen molar-refractivity contribution in [2.75, 3.05) is 17.2 Å². The van der Waals surface area contributed by atoms with Gasteiger partial charge in [0, 0.05) is 21.4 Å². The van der Waals surface area contributed by atoms with Crippen LogP contribution in [0, 0.1) is 12.7 Å². The quantitative estimate of drug-likeness (QED) is 0.411. The summed E-state index contributed by atoms with van der Waals surface area (Å²) in [4.78, 5) is 24.7. The van der Waals surface area contributed by atoms with E-state index in [-0.39, 0.29) is 24.2 Å². The second-order valence-electron chi connectivity index (χ2n) is 6.41. The number of carbonyl (C=O) groups excluding carboxylic acids is 2. The molecule has 0 spiro atoms. The van der Waals surface area contributed by atoms with Crippen LogP contribution in [0.15, 0.2) is 69.6 Å². The van der Waals surface area contributed by atoms with E-state index in [1.807, 2.05) is 19.1 Å². The van der Waals surface area contributed by atoms with Gasteiger partial charge in [-0.3, -0.25) is 9.59 Å². The van der Waals surface area contributed by atoms with E-state index >= 15 is 0 Å². The van der Waals surface area contributed by atoms with Gasteiger partial charge in [-0.15, -0.1) is 0 Å². The average Bonchev–Trinajstić information content (AvgIpc) is 2.69. The Hall–Kier alpha value is -2.71. The highest BCUT2D eigenvalue weighted by Crippen LogP contribution is 2.32. The van der Waals surface area contributed by atoms with Crippen molar-refractivity contribution in [1.82, 2.24) is 0 Å². The number of aryl methyl sites for hydroxylation is 1. The van der Waals surface area contributed by atoms with Gasteiger partial charge in [0.25, 0.3) is 11.8 Å². The van der Waals surface area contributed by atoms with Gasteiger partial charge in [0.1, 0.15) is 11.6 Å². The molecule has 5 nitrogen and oxygen atoms in total. The fraction of sp³-hybridized carbons (Fsp3) is 0.0909. The highest BCUT2D eigenvalue weighted by Gasteiger charge is 2.12. The molecule has 0 fully saturated rings. The van der Waals surface area contributed by atoms with Crippen LogP contribution in [0.5, 0.6) is 5.75 Å². The first-order valence-electron chi connectivity index (χ1n) is 8.87. The smallest absolute Gasteiger partial charge is 0.262 e. The lowest BCUT2D eigenvalue weighted by Crippen LogP contribution is -2.21. The Kier molecular flexibility index (Phi) is 7.23. The lowest BCUT2D eigenvalue weighted by Gasteiger charge is -2.12. The van der Waals surface area contributed by atoms with Crippen molar-refractivity contribution in [2.45, 2.75) is 6.92 Å². The minimum atomic E-state index is -0.384. The maximum Gasteiger partial charge on any atom is 0.262 e. The number of hydrogen-bond donors (Lipinski definition) is 2. The largest absolute Gasteiger partial charge is 0.482 e. The molecule has 30 heavy (non-hydrogen) atoms. The molecule has 2 N–H and O–H groups in total. The minimum Gasteiger partial charge on any atom is -0.482 e. The van der Waals surface area contributed by atoms with Gasteiger partial charge in [-0.1, -0.05) is 22.0 Å². The van der Waals surface area contributed by atoms with Crippen LogP contribution in [0.2, 0.25) is 0 Å². The Morgan fingerprint density at radius 1 is 0.967 bits per heavy atom. The number of ether oxygens (including phenoxy) is 1. The van der Waals surface area contributed by atoms with Crippen molar-refractivity contribution < 1.29 is 18.7 Å². The zero-order valence-corrected chi connectivity index (χ0v) is 19.0. The van der Waals surface area contributed by atoms with E-state index in [1.165, 1.54) is 24.3 Å². The minimum absolute atomic E-state index is 0.187. The molecule has 3 rings (SSSR count). The van der Waals surface area contributed by atoms with Crippen molar-refractivity contribution >= 4 is 55.0 Å². The molecule has 0 aliphatic carbocycles. The molecule has 0 radical (unpaired) electrons. The highest BCUT2D eigenvalue weighted by molar-refractivity contribution is 9.11. The van der Waals surface area contributed by atoms with Crippen LogP contribution < -0.4 is 15.4 Å². The summed E-state index contributed by atoms with van der Waals surface area (Å²) >= 11 is 6.82. The van der Waals surface area contributed by atoms with E-state index in [2.05, 4.69) is 42.5 Å². The molecule has 0 aliphatic rings. The lowest BCUT2D eigenvalue weighted by atomic mass is 10.2. The van der Waals surface area contributed by atoms with Crippen LogP contribution in [0.3, 0.4) is 0 Å². The lowest BCUT2D eigenvalue weighted by molar-refractivity contribution is -0.118. The molecule has 0 unspecified atom stereocenters. The molecule has 0 aliphatic heterocycles. The maximum absolute atomic E-state index is 13.0. The van der Waals surface area contributed by atoms with Gasteiger partial charge in [0.2, 0.25) is 0 Å². The fourth-order valence-electron chi connectivity index (χ4n) is 2.68. The molecule has 0 saturated carbocycles. The molecule has 154 valence electrons. The van der Waals surface area contributed by atoms with Crippen molar-refractivity contribution in [2.24, 2.45) is 0 Å². The zero-order valence-electron chi connectivity index (χ0n) is 15.8. The summed E-state index contributed by atoms with van der Waals surface area (Å²) < 4.78 is 20.3. The summed E-state index contributed by atoms with van der Waals surface area (Å²) in [6.45, 7) is 1.69. The van der Waals surface area contributed by atoms with Gasteiger partial charge in [-0.25, -0.2) is 4.39 Å². The predicted octanol–water partition coefficient (Wildman–Crippen LogP) is 5.93. The average molecular weight is 536 g/mol. The van der Waals surface area contributed by atoms with Crippen molar-refractivity contribution in [3.05, 3.63) is 86.6 Å². The Morgan fingerprint density at radius 3 is 2.40 bits per heavy atom. The number of benzene rings is 3. The topological polar surface area (TPSA) is 67.4 Å². The van der Waals surface area contributed by atoms with E-state index < -0.39 is 0 Å². The van der Waals surface area contributed by atoms with Crippen LogP contribution in [-0.2, 0) is 4.79 Å². The van der Waals surface area contributed by atoms with E-state index in [0.29, 0.717) is 22.7 Å². The first kappa shape index (κ1) is 22.0. The van der Waals surface area contributed by atoms with Crippen molar-refractivity contribution in [3.8, 4) is 5.75 Å². The summed E-state index contributed by atoms with van der Waals surface area (Å²) in [5.41, 5.74) is 2.16. The predicted molar refractivity (Wildman–Crippen MR) is 121 cm³/mol. The number of hydrogen-bond acceptors (Lipinski definition) is 3. The number of anilines is 2. The summed E-state index contributed by atoms with van der Waals surface area (Å²) in [5, 5.41) is 5.39. The van der Waals surface area contributed by atoms with Gasteiger partial charge >= 0.3 is 0 Å². The Bertz CT molecular complexity index is 1060. The molecule has 0 saturated heterocycles. The monoisotopic (exact) mass is 534 g/mol. The van der Waals surface area contributed by atoms with Crippen LogP contribution in [-0.4, -0.2) is 18.4 Å². The summed E-state index contributed by atoms with van der Waals surface area (Å²) in [5.74, 6) is -0.533. The highest BCUT2D eigenvalue weighted by atomic mass is 79.9. The van der Waals surface area contributed by atoms with E-state index in [0.717, 1.165) is 14.5 Å². The van der Waals surface area contributed by atoms with Crippen LogP contribution in [0.4, 0.5) is 15.8 Å². The molecule has 2 amide bonds. The third kappa shape index (κ3) is 5.90. The molecule has 8 heteroatoms. The molecule has 0 heterocycles. The molecule has 0 atom stereocenters. The summed E-state index contributed by atoms with van der Waals surface area (Å²) in [6.07, 6.45) is 0. The molecular weight excluding hydrogens is 519 g/mol. The van der Waals surface area contributed by atoms with Gasteiger partial charge in [0.15, 0.2) is 6.61 Å². The van der Waals surface area contributed by atoms with Crippen LogP contribution >= 0.6 is 31.9 Å². The number of nitrogens with one attached hydrogen (secondary N) is 2. The fourth-order valence-corrected chi connectivity index (χ4v) is 4.23. The molecule has 3 aromatic rings. The van der Waals surface area contributed by atoms with Crippen LogP contribution in [0.1, 0.15) is 15.9 Å². The van der Waals surface area contributed by atoms with Crippen LogP contribution in [0.25, 0.3) is 0 Å². The standard InChI is InChI=1S/C22H17Br2FN2O3/c1-13-9-15(23)11-19(24)21(13)30-12-20(28)26-18-4-2-3-14(10-18)22(29)27-17-7-5-16(25)6-8-17/h2-11H,12H2,1H3,(H,26,28)(H,27,29). The van der Waals surface area contributed by atoms with Gasteiger partial charge in [0.05, 0.1) is 4.47 Å². The van der Waals surface area contributed by atoms with Gasteiger partial charge in [-0.2, -0.15) is 0 Å². The second kappa shape index (κ2) is 9.86. The Labute approximate surface area is 189 Å². The Morgan fingerprint density at radius 2 is 1.70 bits per heavy atom. The number of halogens is 3. The van der Waals surface area contributed by atoms with Crippen molar-refractivity contribution in [1.29, 1.82) is 0 Å².